The Kier molecular flexibility index (Phi) is 7.22. The van der Waals surface area contributed by atoms with E-state index in [1.807, 2.05) is 24.3 Å². The maximum atomic E-state index is 12.3. The molecule has 0 spiro atoms. The molecule has 0 aliphatic rings. The molecule has 10 heteroatoms. The van der Waals surface area contributed by atoms with Crippen LogP contribution in [0.25, 0.3) is 10.9 Å². The van der Waals surface area contributed by atoms with E-state index in [9.17, 15) is 24.6 Å². The van der Waals surface area contributed by atoms with Crippen molar-refractivity contribution >= 4 is 41.3 Å². The molecular weight excluding hydrogens is 372 g/mol. The minimum Gasteiger partial charge on any atom is -0.480 e. The van der Waals surface area contributed by atoms with E-state index in [-0.39, 0.29) is 12.2 Å². The molecule has 0 bridgehead atoms. The Bertz CT molecular complexity index is 825. The molecule has 0 saturated heterocycles. The Morgan fingerprint density at radius 3 is 2.44 bits per heavy atom. The van der Waals surface area contributed by atoms with Crippen LogP contribution in [0.2, 0.25) is 0 Å². The lowest BCUT2D eigenvalue weighted by molar-refractivity contribution is -0.142. The summed E-state index contributed by atoms with van der Waals surface area (Å²) in [4.78, 5) is 38.7. The number of carboxylic acids is 1. The van der Waals surface area contributed by atoms with E-state index in [1.54, 1.807) is 6.20 Å². The number of carboxylic acid groups (broad SMARTS) is 1. The largest absolute Gasteiger partial charge is 0.480 e. The number of fused-ring (bicyclic) bond motifs is 1. The first kappa shape index (κ1) is 20.7. The van der Waals surface area contributed by atoms with Crippen LogP contribution in [0.1, 0.15) is 5.56 Å². The van der Waals surface area contributed by atoms with E-state index < -0.39 is 42.5 Å². The van der Waals surface area contributed by atoms with E-state index in [2.05, 4.69) is 28.2 Å². The number of aromatic amines is 1. The third kappa shape index (κ3) is 5.22. The van der Waals surface area contributed by atoms with Gasteiger partial charge in [0.25, 0.3) is 0 Å². The van der Waals surface area contributed by atoms with Crippen molar-refractivity contribution in [3.8, 4) is 0 Å². The van der Waals surface area contributed by atoms with Crippen molar-refractivity contribution in [1.29, 1.82) is 0 Å². The lowest BCUT2D eigenvalue weighted by atomic mass is 10.0. The lowest BCUT2D eigenvalue weighted by Gasteiger charge is -2.21. The predicted octanol–water partition coefficient (Wildman–Crippen LogP) is -0.986. The number of amides is 2. The Morgan fingerprint density at radius 2 is 1.81 bits per heavy atom. The Hall–Kier alpha value is -2.56. The molecule has 1 heterocycles. The number of rotatable bonds is 9. The monoisotopic (exact) mass is 394 g/mol. The van der Waals surface area contributed by atoms with Crippen molar-refractivity contribution in [3.63, 3.8) is 0 Å². The predicted molar refractivity (Wildman–Crippen MR) is 102 cm³/mol. The highest BCUT2D eigenvalue weighted by molar-refractivity contribution is 7.80. The quantitative estimate of drug-likeness (QED) is 0.271. The van der Waals surface area contributed by atoms with Gasteiger partial charge in [0.05, 0.1) is 12.6 Å². The van der Waals surface area contributed by atoms with Crippen LogP contribution in [0, 0.1) is 0 Å². The molecule has 3 atom stereocenters. The molecule has 7 N–H and O–H groups in total. The van der Waals surface area contributed by atoms with E-state index in [1.165, 1.54) is 0 Å². The number of aliphatic hydroxyl groups excluding tert-OH is 1. The molecule has 0 saturated carbocycles. The van der Waals surface area contributed by atoms with Gasteiger partial charge >= 0.3 is 5.97 Å². The van der Waals surface area contributed by atoms with Gasteiger partial charge in [0, 0.05) is 29.3 Å². The van der Waals surface area contributed by atoms with Gasteiger partial charge in [-0.25, -0.2) is 4.79 Å². The second-order valence-corrected chi connectivity index (χ2v) is 6.36. The van der Waals surface area contributed by atoms with Gasteiger partial charge in [-0.2, -0.15) is 12.6 Å². The van der Waals surface area contributed by atoms with Crippen LogP contribution >= 0.6 is 12.6 Å². The minimum absolute atomic E-state index is 0.0351. The summed E-state index contributed by atoms with van der Waals surface area (Å²) in [6.45, 7) is -0.698. The molecule has 9 nitrogen and oxygen atoms in total. The number of para-hydroxylation sites is 1. The van der Waals surface area contributed by atoms with Gasteiger partial charge in [0.15, 0.2) is 0 Å². The maximum absolute atomic E-state index is 12.3. The number of H-pyrrole nitrogens is 1. The fourth-order valence-electron chi connectivity index (χ4n) is 2.55. The van der Waals surface area contributed by atoms with Crippen molar-refractivity contribution in [2.45, 2.75) is 24.5 Å². The summed E-state index contributed by atoms with van der Waals surface area (Å²) in [7, 11) is 0. The molecule has 0 aliphatic heterocycles. The van der Waals surface area contributed by atoms with Crippen molar-refractivity contribution in [3.05, 3.63) is 36.0 Å². The third-order valence-electron chi connectivity index (χ3n) is 4.06. The van der Waals surface area contributed by atoms with Crippen LogP contribution in [0.3, 0.4) is 0 Å². The third-order valence-corrected chi connectivity index (χ3v) is 4.46. The summed E-state index contributed by atoms with van der Waals surface area (Å²) in [5.74, 6) is -2.65. The number of aliphatic carboxylic acids is 1. The van der Waals surface area contributed by atoms with Gasteiger partial charge in [0.1, 0.15) is 12.1 Å². The molecule has 0 fully saturated rings. The standard InChI is InChI=1S/C17H22N4O5S/c18-11(8-27)15(23)21-14(7-22)16(24)20-13(17(25)26)5-9-6-19-12-4-2-1-3-10(9)12/h1-4,6,11,13-14,19,22,27H,5,7-8,18H2,(H,20,24)(H,21,23)(H,25,26). The molecule has 27 heavy (non-hydrogen) atoms. The number of nitrogens with one attached hydrogen (secondary N) is 3. The number of carbonyl (C=O) groups excluding carboxylic acids is 2. The number of hydrogen-bond donors (Lipinski definition) is 7. The Labute approximate surface area is 160 Å². The highest BCUT2D eigenvalue weighted by Crippen LogP contribution is 2.19. The summed E-state index contributed by atoms with van der Waals surface area (Å²) < 4.78 is 0. The molecule has 1 aromatic carbocycles. The average Bonchev–Trinajstić information content (AvgIpc) is 3.07. The van der Waals surface area contributed by atoms with Crippen molar-refractivity contribution in [1.82, 2.24) is 15.6 Å². The zero-order chi connectivity index (χ0) is 20.0. The van der Waals surface area contributed by atoms with E-state index in [4.69, 9.17) is 5.73 Å². The fraction of sp³-hybridized carbons (Fsp3) is 0.353. The van der Waals surface area contributed by atoms with Gasteiger partial charge < -0.3 is 31.6 Å². The number of aliphatic hydroxyl groups is 1. The highest BCUT2D eigenvalue weighted by Gasteiger charge is 2.28. The number of thiol groups is 1. The molecule has 2 amide bonds. The number of nitrogens with two attached hydrogens (primary N) is 1. The molecule has 0 radical (unpaired) electrons. The van der Waals surface area contributed by atoms with Gasteiger partial charge in [-0.05, 0) is 11.6 Å². The Balaban J connectivity index is 2.09. The molecule has 2 rings (SSSR count). The summed E-state index contributed by atoms with van der Waals surface area (Å²) in [5.41, 5.74) is 7.09. The van der Waals surface area contributed by atoms with Crippen molar-refractivity contribution in [2.24, 2.45) is 5.73 Å². The first-order valence-corrected chi connectivity index (χ1v) is 8.86. The van der Waals surface area contributed by atoms with Gasteiger partial charge in [-0.15, -0.1) is 0 Å². The second kappa shape index (κ2) is 9.40. The van der Waals surface area contributed by atoms with Crippen LogP contribution in [0.15, 0.2) is 30.5 Å². The maximum Gasteiger partial charge on any atom is 0.326 e. The van der Waals surface area contributed by atoms with Crippen LogP contribution in [-0.4, -0.2) is 63.5 Å². The van der Waals surface area contributed by atoms with Crippen molar-refractivity contribution in [2.75, 3.05) is 12.4 Å². The van der Waals surface area contributed by atoms with Gasteiger partial charge in [-0.1, -0.05) is 18.2 Å². The van der Waals surface area contributed by atoms with E-state index >= 15 is 0 Å². The van der Waals surface area contributed by atoms with Crippen LogP contribution < -0.4 is 16.4 Å². The topological polar surface area (TPSA) is 158 Å². The van der Waals surface area contributed by atoms with Gasteiger partial charge in [0.2, 0.25) is 11.8 Å². The summed E-state index contributed by atoms with van der Waals surface area (Å²) in [5, 5.41) is 24.3. The second-order valence-electron chi connectivity index (χ2n) is 6.00. The summed E-state index contributed by atoms with van der Waals surface area (Å²) >= 11 is 3.89. The van der Waals surface area contributed by atoms with E-state index in [0.29, 0.717) is 0 Å². The number of carbonyl (C=O) groups is 3. The smallest absolute Gasteiger partial charge is 0.326 e. The van der Waals surface area contributed by atoms with Crippen LogP contribution in [0.5, 0.6) is 0 Å². The van der Waals surface area contributed by atoms with Crippen LogP contribution in [-0.2, 0) is 20.8 Å². The summed E-state index contributed by atoms with van der Waals surface area (Å²) in [6, 6.07) is 3.89. The fourth-order valence-corrected chi connectivity index (χ4v) is 2.71. The molecule has 146 valence electrons. The molecule has 2 aromatic rings. The zero-order valence-corrected chi connectivity index (χ0v) is 15.3. The van der Waals surface area contributed by atoms with E-state index in [0.717, 1.165) is 16.5 Å². The normalized spacial score (nSPS) is 14.3. The van der Waals surface area contributed by atoms with Crippen LogP contribution in [0.4, 0.5) is 0 Å². The number of aromatic nitrogens is 1. The van der Waals surface area contributed by atoms with Gasteiger partial charge in [-0.3, -0.25) is 9.59 Å². The first-order valence-electron chi connectivity index (χ1n) is 8.23. The summed E-state index contributed by atoms with van der Waals surface area (Å²) in [6.07, 6.45) is 1.72. The zero-order valence-electron chi connectivity index (χ0n) is 14.4. The van der Waals surface area contributed by atoms with Crippen molar-refractivity contribution < 1.29 is 24.6 Å². The SMILES string of the molecule is NC(CS)C(=O)NC(CO)C(=O)NC(Cc1c[nH]c2ccccc12)C(=O)O. The average molecular weight is 394 g/mol. The minimum atomic E-state index is -1.31. The number of hydrogen-bond acceptors (Lipinski definition) is 6. The molecule has 1 aromatic heterocycles. The molecule has 0 aliphatic carbocycles. The molecule has 3 unspecified atom stereocenters. The lowest BCUT2D eigenvalue weighted by Crippen LogP contribution is -2.56. The molecular formula is C17H22N4O5S. The highest BCUT2D eigenvalue weighted by atomic mass is 32.1. The number of benzene rings is 1. The first-order chi connectivity index (χ1) is 12.9. The Morgan fingerprint density at radius 1 is 1.15 bits per heavy atom.